The van der Waals surface area contributed by atoms with Gasteiger partial charge in [0.1, 0.15) is 0 Å². The molecule has 6 heteroatoms. The monoisotopic (exact) mass is 318 g/mol. The van der Waals surface area contributed by atoms with Crippen molar-refractivity contribution in [1.29, 1.82) is 0 Å². The van der Waals surface area contributed by atoms with Crippen LogP contribution in [0.2, 0.25) is 0 Å². The molecule has 3 N–H and O–H groups in total. The van der Waals surface area contributed by atoms with Gasteiger partial charge < -0.3 is 5.73 Å². The maximum Gasteiger partial charge on any atom is 0.240 e. The molecule has 1 rings (SSSR count). The van der Waals surface area contributed by atoms with E-state index in [0.717, 1.165) is 0 Å². The van der Waals surface area contributed by atoms with E-state index in [1.807, 2.05) is 0 Å². The molecule has 0 aromatic heterocycles. The first-order chi connectivity index (χ1) is 7.86. The summed E-state index contributed by atoms with van der Waals surface area (Å²) in [4.78, 5) is 0.189. The van der Waals surface area contributed by atoms with Crippen molar-refractivity contribution < 1.29 is 8.42 Å². The Morgan fingerprint density at radius 1 is 1.59 bits per heavy atom. The van der Waals surface area contributed by atoms with Crippen LogP contribution in [0.5, 0.6) is 0 Å². The molecule has 1 unspecified atom stereocenters. The summed E-state index contributed by atoms with van der Waals surface area (Å²) in [6, 6.07) is 4.33. The first-order valence-electron chi connectivity index (χ1n) is 5.05. The van der Waals surface area contributed by atoms with E-state index in [2.05, 4.69) is 27.2 Å². The van der Waals surface area contributed by atoms with Crippen LogP contribution in [0.3, 0.4) is 0 Å². The summed E-state index contributed by atoms with van der Waals surface area (Å²) in [5.74, 6) is 0. The van der Waals surface area contributed by atoms with Crippen molar-refractivity contribution in [3.05, 3.63) is 35.3 Å². The molecule has 0 heterocycles. The van der Waals surface area contributed by atoms with Gasteiger partial charge in [0.25, 0.3) is 0 Å². The van der Waals surface area contributed by atoms with E-state index in [1.165, 1.54) is 12.1 Å². The summed E-state index contributed by atoms with van der Waals surface area (Å²) in [7, 11) is -3.50. The van der Waals surface area contributed by atoms with Crippen LogP contribution >= 0.6 is 15.9 Å². The van der Waals surface area contributed by atoms with Gasteiger partial charge in [-0.15, -0.1) is 6.58 Å². The number of halogens is 1. The maximum absolute atomic E-state index is 12.0. The zero-order valence-electron chi connectivity index (χ0n) is 9.48. The Morgan fingerprint density at radius 3 is 2.76 bits per heavy atom. The van der Waals surface area contributed by atoms with Gasteiger partial charge in [0.15, 0.2) is 0 Å². The van der Waals surface area contributed by atoms with Gasteiger partial charge in [0, 0.05) is 16.2 Å². The van der Waals surface area contributed by atoms with Crippen LogP contribution in [0.15, 0.2) is 40.2 Å². The van der Waals surface area contributed by atoms with Crippen molar-refractivity contribution in [1.82, 2.24) is 4.72 Å². The lowest BCUT2D eigenvalue weighted by Gasteiger charge is -2.12. The molecule has 0 aliphatic rings. The quantitative estimate of drug-likeness (QED) is 0.646. The minimum Gasteiger partial charge on any atom is -0.398 e. The molecule has 0 spiro atoms. The highest BCUT2D eigenvalue weighted by molar-refractivity contribution is 9.10. The molecule has 0 bridgehead atoms. The number of anilines is 1. The fraction of sp³-hybridized carbons (Fsp3) is 0.273. The van der Waals surface area contributed by atoms with E-state index < -0.39 is 10.0 Å². The average Bonchev–Trinajstić information content (AvgIpc) is 2.21. The van der Waals surface area contributed by atoms with E-state index in [9.17, 15) is 8.42 Å². The number of hydrogen-bond donors (Lipinski definition) is 2. The standard InChI is InChI=1S/C11H15BrN2O2S/c1-3-4-8(2)14-17(15,16)9-5-6-11(13)10(12)7-9/h3,5-8,14H,1,4,13H2,2H3. The molecule has 0 amide bonds. The van der Waals surface area contributed by atoms with Crippen LogP contribution in [-0.4, -0.2) is 14.5 Å². The van der Waals surface area contributed by atoms with Crippen LogP contribution in [0, 0.1) is 0 Å². The summed E-state index contributed by atoms with van der Waals surface area (Å²) < 4.78 is 27.1. The van der Waals surface area contributed by atoms with Gasteiger partial charge in [-0.25, -0.2) is 13.1 Å². The Balaban J connectivity index is 2.97. The van der Waals surface area contributed by atoms with Crippen molar-refractivity contribution in [3.63, 3.8) is 0 Å². The van der Waals surface area contributed by atoms with Gasteiger partial charge >= 0.3 is 0 Å². The van der Waals surface area contributed by atoms with Gasteiger partial charge in [0.05, 0.1) is 4.90 Å². The van der Waals surface area contributed by atoms with Crippen LogP contribution in [0.1, 0.15) is 13.3 Å². The lowest BCUT2D eigenvalue weighted by molar-refractivity contribution is 0.562. The minimum atomic E-state index is -3.50. The van der Waals surface area contributed by atoms with E-state index in [1.54, 1.807) is 19.1 Å². The molecule has 1 aromatic rings. The number of sulfonamides is 1. The van der Waals surface area contributed by atoms with E-state index in [0.29, 0.717) is 16.6 Å². The smallest absolute Gasteiger partial charge is 0.240 e. The predicted octanol–water partition coefficient (Wildman–Crippen LogP) is 2.27. The zero-order valence-corrected chi connectivity index (χ0v) is 11.9. The van der Waals surface area contributed by atoms with E-state index in [-0.39, 0.29) is 10.9 Å². The molecule has 0 saturated carbocycles. The fourth-order valence-electron chi connectivity index (χ4n) is 1.31. The Morgan fingerprint density at radius 2 is 2.24 bits per heavy atom. The normalized spacial score (nSPS) is 13.3. The second-order valence-electron chi connectivity index (χ2n) is 3.73. The molecule has 1 aromatic carbocycles. The Kier molecular flexibility index (Phi) is 4.73. The van der Waals surface area contributed by atoms with Gasteiger partial charge in [-0.05, 0) is 47.5 Å². The molecule has 0 aliphatic carbocycles. The molecule has 17 heavy (non-hydrogen) atoms. The van der Waals surface area contributed by atoms with Crippen molar-refractivity contribution in [3.8, 4) is 0 Å². The largest absolute Gasteiger partial charge is 0.398 e. The van der Waals surface area contributed by atoms with Gasteiger partial charge in [0.2, 0.25) is 10.0 Å². The number of nitrogens with two attached hydrogens (primary N) is 1. The lowest BCUT2D eigenvalue weighted by Crippen LogP contribution is -2.32. The number of hydrogen-bond acceptors (Lipinski definition) is 3. The van der Waals surface area contributed by atoms with Gasteiger partial charge in [-0.2, -0.15) is 0 Å². The lowest BCUT2D eigenvalue weighted by atomic mass is 10.3. The zero-order chi connectivity index (χ0) is 13.1. The number of nitrogens with one attached hydrogen (secondary N) is 1. The van der Waals surface area contributed by atoms with Crippen molar-refractivity contribution in [2.45, 2.75) is 24.3 Å². The molecular formula is C11H15BrN2O2S. The SMILES string of the molecule is C=CCC(C)NS(=O)(=O)c1ccc(N)c(Br)c1. The Bertz CT molecular complexity index is 514. The fourth-order valence-corrected chi connectivity index (χ4v) is 3.12. The Labute approximate surface area is 110 Å². The van der Waals surface area contributed by atoms with Crippen LogP contribution < -0.4 is 10.5 Å². The van der Waals surface area contributed by atoms with Gasteiger partial charge in [-0.3, -0.25) is 0 Å². The summed E-state index contributed by atoms with van der Waals surface area (Å²) >= 11 is 3.20. The summed E-state index contributed by atoms with van der Waals surface area (Å²) in [5.41, 5.74) is 6.11. The van der Waals surface area contributed by atoms with E-state index in [4.69, 9.17) is 5.73 Å². The third kappa shape index (κ3) is 3.83. The topological polar surface area (TPSA) is 72.2 Å². The maximum atomic E-state index is 12.0. The predicted molar refractivity (Wildman–Crippen MR) is 73.2 cm³/mol. The molecule has 1 atom stereocenters. The number of benzene rings is 1. The first-order valence-corrected chi connectivity index (χ1v) is 7.32. The third-order valence-electron chi connectivity index (χ3n) is 2.16. The molecule has 4 nitrogen and oxygen atoms in total. The van der Waals surface area contributed by atoms with Crippen molar-refractivity contribution >= 4 is 31.6 Å². The van der Waals surface area contributed by atoms with Crippen LogP contribution in [-0.2, 0) is 10.0 Å². The summed E-state index contributed by atoms with van der Waals surface area (Å²) in [5, 5.41) is 0. The molecule has 0 aliphatic heterocycles. The van der Waals surface area contributed by atoms with Crippen molar-refractivity contribution in [2.24, 2.45) is 0 Å². The summed E-state index contributed by atoms with van der Waals surface area (Å²) in [6.07, 6.45) is 2.25. The van der Waals surface area contributed by atoms with Crippen molar-refractivity contribution in [2.75, 3.05) is 5.73 Å². The molecular weight excluding hydrogens is 304 g/mol. The number of rotatable bonds is 5. The molecule has 0 fully saturated rings. The Hall–Kier alpha value is -0.850. The number of nitrogen functional groups attached to an aromatic ring is 1. The second-order valence-corrected chi connectivity index (χ2v) is 6.30. The molecule has 0 saturated heterocycles. The third-order valence-corrected chi connectivity index (χ3v) is 4.43. The first kappa shape index (κ1) is 14.2. The molecule has 0 radical (unpaired) electrons. The highest BCUT2D eigenvalue weighted by Gasteiger charge is 2.17. The molecule has 94 valence electrons. The minimum absolute atomic E-state index is 0.186. The average molecular weight is 319 g/mol. The highest BCUT2D eigenvalue weighted by atomic mass is 79.9. The van der Waals surface area contributed by atoms with Crippen LogP contribution in [0.4, 0.5) is 5.69 Å². The summed E-state index contributed by atoms with van der Waals surface area (Å²) in [6.45, 7) is 5.35. The highest BCUT2D eigenvalue weighted by Crippen LogP contribution is 2.23. The van der Waals surface area contributed by atoms with Gasteiger partial charge in [-0.1, -0.05) is 6.08 Å². The van der Waals surface area contributed by atoms with Crippen LogP contribution in [0.25, 0.3) is 0 Å². The van der Waals surface area contributed by atoms with E-state index >= 15 is 0 Å². The second kappa shape index (κ2) is 5.66.